The number of nitrogens with one attached hydrogen (secondary N) is 2. The van der Waals surface area contributed by atoms with Crippen molar-refractivity contribution in [3.05, 3.63) is 39.4 Å². The number of rotatable bonds is 5. The number of aromatic nitrogens is 4. The highest BCUT2D eigenvalue weighted by molar-refractivity contribution is 6.29. The number of aromatic amines is 1. The van der Waals surface area contributed by atoms with Crippen LogP contribution < -0.4 is 10.9 Å². The molecule has 0 fully saturated rings. The lowest BCUT2D eigenvalue weighted by atomic mass is 10.1. The van der Waals surface area contributed by atoms with Gasteiger partial charge in [0.2, 0.25) is 0 Å². The third-order valence-corrected chi connectivity index (χ3v) is 3.49. The molecule has 0 radical (unpaired) electrons. The summed E-state index contributed by atoms with van der Waals surface area (Å²) in [4.78, 5) is 36.5. The summed E-state index contributed by atoms with van der Waals surface area (Å²) in [5.74, 6) is -0.482. The monoisotopic (exact) mass is 397 g/mol. The van der Waals surface area contributed by atoms with E-state index in [2.05, 4.69) is 20.6 Å². The molecule has 27 heavy (non-hydrogen) atoms. The molecule has 11 heteroatoms. The number of esters is 1. The molecule has 0 aliphatic carbocycles. The Morgan fingerprint density at radius 3 is 2.59 bits per heavy atom. The van der Waals surface area contributed by atoms with Crippen molar-refractivity contribution >= 4 is 23.7 Å². The molecular formula is C16H20ClN5O5. The largest absolute Gasteiger partial charge is 0.467 e. The van der Waals surface area contributed by atoms with Gasteiger partial charge in [0.25, 0.3) is 5.56 Å². The molecule has 1 atom stereocenters. The van der Waals surface area contributed by atoms with E-state index in [1.165, 1.54) is 25.4 Å². The maximum Gasteiger partial charge on any atom is 0.408 e. The fourth-order valence-corrected chi connectivity index (χ4v) is 2.26. The van der Waals surface area contributed by atoms with Crippen LogP contribution in [0.5, 0.6) is 0 Å². The van der Waals surface area contributed by atoms with Crippen molar-refractivity contribution in [1.82, 2.24) is 25.3 Å². The van der Waals surface area contributed by atoms with Gasteiger partial charge in [0.05, 0.1) is 7.11 Å². The summed E-state index contributed by atoms with van der Waals surface area (Å²) in [6.07, 6.45) is 0.512. The predicted octanol–water partition coefficient (Wildman–Crippen LogP) is 1.22. The lowest BCUT2D eigenvalue weighted by Crippen LogP contribution is -2.45. The highest BCUT2D eigenvalue weighted by Crippen LogP contribution is 2.09. The minimum atomic E-state index is -1.10. The number of carbonyl (C=O) groups is 2. The van der Waals surface area contributed by atoms with Gasteiger partial charge in [-0.1, -0.05) is 11.6 Å². The molecule has 2 aromatic rings. The number of H-pyrrole nitrogens is 1. The van der Waals surface area contributed by atoms with Crippen LogP contribution in [0.1, 0.15) is 26.3 Å². The van der Waals surface area contributed by atoms with Crippen molar-refractivity contribution in [2.45, 2.75) is 38.8 Å². The predicted molar refractivity (Wildman–Crippen MR) is 95.9 cm³/mol. The molecule has 0 aliphatic rings. The second-order valence-corrected chi connectivity index (χ2v) is 6.97. The Morgan fingerprint density at radius 2 is 2.04 bits per heavy atom. The van der Waals surface area contributed by atoms with Crippen LogP contribution in [0.4, 0.5) is 4.79 Å². The first-order valence-electron chi connectivity index (χ1n) is 7.97. The first kappa shape index (κ1) is 20.4. The third-order valence-electron chi connectivity index (χ3n) is 3.29. The minimum absolute atomic E-state index is 0.102. The number of ether oxygens (including phenoxy) is 2. The van der Waals surface area contributed by atoms with E-state index in [1.54, 1.807) is 20.8 Å². The zero-order valence-corrected chi connectivity index (χ0v) is 16.0. The zero-order chi connectivity index (χ0) is 20.2. The maximum absolute atomic E-state index is 12.6. The van der Waals surface area contributed by atoms with Gasteiger partial charge in [-0.25, -0.2) is 9.59 Å². The summed E-state index contributed by atoms with van der Waals surface area (Å²) >= 11 is 5.68. The van der Waals surface area contributed by atoms with Crippen molar-refractivity contribution in [2.75, 3.05) is 7.11 Å². The van der Waals surface area contributed by atoms with E-state index in [-0.39, 0.29) is 23.0 Å². The normalized spacial score (nSPS) is 12.3. The molecule has 2 rings (SSSR count). The van der Waals surface area contributed by atoms with Gasteiger partial charge in [0.1, 0.15) is 11.6 Å². The van der Waals surface area contributed by atoms with Crippen LogP contribution in [-0.4, -0.2) is 50.8 Å². The minimum Gasteiger partial charge on any atom is -0.467 e. The standard InChI is InChI=1S/C16H20ClN5O5/c1-16(2,3)27-15(25)19-10(14(24)26-4)7-9-8-18-22(13(9)23)12-6-5-11(17)20-21-12/h5-6,8,10,18H,7H2,1-4H3,(H,19,25)/t10-/m0/s1. The van der Waals surface area contributed by atoms with Gasteiger partial charge in [-0.05, 0) is 32.9 Å². The average molecular weight is 398 g/mol. The molecule has 2 aromatic heterocycles. The maximum atomic E-state index is 12.6. The summed E-state index contributed by atoms with van der Waals surface area (Å²) < 4.78 is 11.0. The number of halogens is 1. The number of nitrogens with zero attached hydrogens (tertiary/aromatic N) is 3. The first-order chi connectivity index (χ1) is 12.6. The molecule has 0 spiro atoms. The van der Waals surface area contributed by atoms with Crippen molar-refractivity contribution in [2.24, 2.45) is 0 Å². The molecule has 0 aliphatic heterocycles. The Hall–Kier alpha value is -2.88. The number of alkyl carbamates (subject to hydrolysis) is 1. The van der Waals surface area contributed by atoms with Crippen molar-refractivity contribution < 1.29 is 19.1 Å². The van der Waals surface area contributed by atoms with Gasteiger partial charge >= 0.3 is 12.1 Å². The highest BCUT2D eigenvalue weighted by Gasteiger charge is 2.27. The lowest BCUT2D eigenvalue weighted by molar-refractivity contribution is -0.143. The Labute approximate surface area is 159 Å². The highest BCUT2D eigenvalue weighted by atomic mass is 35.5. The second-order valence-electron chi connectivity index (χ2n) is 6.58. The van der Waals surface area contributed by atoms with Gasteiger partial charge in [-0.15, -0.1) is 10.2 Å². The van der Waals surface area contributed by atoms with E-state index >= 15 is 0 Å². The first-order valence-corrected chi connectivity index (χ1v) is 8.35. The number of carbonyl (C=O) groups excluding carboxylic acids is 2. The summed E-state index contributed by atoms with van der Waals surface area (Å²) in [6, 6.07) is 1.89. The SMILES string of the molecule is COC(=O)[C@H](Cc1c[nH]n(-c2ccc(Cl)nn2)c1=O)NC(=O)OC(C)(C)C. The van der Waals surface area contributed by atoms with E-state index in [0.29, 0.717) is 0 Å². The average Bonchev–Trinajstić information content (AvgIpc) is 2.93. The molecule has 2 heterocycles. The number of hydrogen-bond donors (Lipinski definition) is 2. The van der Waals surface area contributed by atoms with E-state index < -0.39 is 29.3 Å². The van der Waals surface area contributed by atoms with Crippen LogP contribution in [0, 0.1) is 0 Å². The smallest absolute Gasteiger partial charge is 0.408 e. The Morgan fingerprint density at radius 1 is 1.33 bits per heavy atom. The lowest BCUT2D eigenvalue weighted by Gasteiger charge is -2.22. The van der Waals surface area contributed by atoms with Gasteiger partial charge < -0.3 is 14.8 Å². The summed E-state index contributed by atoms with van der Waals surface area (Å²) in [5, 5.41) is 12.8. The summed E-state index contributed by atoms with van der Waals surface area (Å²) in [5.41, 5.74) is -0.955. The fraction of sp³-hybridized carbons (Fsp3) is 0.438. The zero-order valence-electron chi connectivity index (χ0n) is 15.3. The summed E-state index contributed by atoms with van der Waals surface area (Å²) in [6.45, 7) is 5.08. The van der Waals surface area contributed by atoms with Crippen LogP contribution in [0.3, 0.4) is 0 Å². The quantitative estimate of drug-likeness (QED) is 0.725. The number of hydrogen-bond acceptors (Lipinski definition) is 7. The molecule has 0 unspecified atom stereocenters. The van der Waals surface area contributed by atoms with Crippen LogP contribution >= 0.6 is 11.6 Å². The van der Waals surface area contributed by atoms with Gasteiger partial charge in [0.15, 0.2) is 11.0 Å². The molecule has 0 bridgehead atoms. The van der Waals surface area contributed by atoms with Crippen LogP contribution in [0.2, 0.25) is 5.15 Å². The van der Waals surface area contributed by atoms with Gasteiger partial charge in [-0.3, -0.25) is 9.89 Å². The van der Waals surface area contributed by atoms with Gasteiger partial charge in [-0.2, -0.15) is 4.68 Å². The number of methoxy groups -OCH3 is 1. The molecule has 10 nitrogen and oxygen atoms in total. The second kappa shape index (κ2) is 8.21. The van der Waals surface area contributed by atoms with Crippen LogP contribution in [-0.2, 0) is 20.7 Å². The van der Waals surface area contributed by atoms with E-state index in [0.717, 1.165) is 4.68 Å². The van der Waals surface area contributed by atoms with Gasteiger partial charge in [0, 0.05) is 18.2 Å². The Bertz CT molecular complexity index is 869. The Kier molecular flexibility index (Phi) is 6.21. The topological polar surface area (TPSA) is 128 Å². The molecule has 146 valence electrons. The van der Waals surface area contributed by atoms with Crippen molar-refractivity contribution in [1.29, 1.82) is 0 Å². The molecule has 0 aromatic carbocycles. The Balaban J connectivity index is 2.20. The van der Waals surface area contributed by atoms with Crippen molar-refractivity contribution in [3.63, 3.8) is 0 Å². The van der Waals surface area contributed by atoms with Crippen LogP contribution in [0.25, 0.3) is 5.82 Å². The fourth-order valence-electron chi connectivity index (χ4n) is 2.16. The van der Waals surface area contributed by atoms with E-state index in [9.17, 15) is 14.4 Å². The van der Waals surface area contributed by atoms with Crippen molar-refractivity contribution in [3.8, 4) is 5.82 Å². The molecule has 1 amide bonds. The van der Waals surface area contributed by atoms with E-state index in [4.69, 9.17) is 21.1 Å². The van der Waals surface area contributed by atoms with Crippen LogP contribution in [0.15, 0.2) is 23.1 Å². The van der Waals surface area contributed by atoms with E-state index in [1.807, 2.05) is 0 Å². The molecule has 2 N–H and O–H groups in total. The summed E-state index contributed by atoms with van der Waals surface area (Å²) in [7, 11) is 1.19. The molecule has 0 saturated heterocycles. The third kappa shape index (κ3) is 5.55. The molecular weight excluding hydrogens is 378 g/mol. The molecule has 0 saturated carbocycles. The number of amides is 1.